The third kappa shape index (κ3) is 2.78. The molecule has 2 N–H and O–H groups in total. The van der Waals surface area contributed by atoms with Gasteiger partial charge in [0.1, 0.15) is 11.9 Å². The lowest BCUT2D eigenvalue weighted by Gasteiger charge is -2.11. The SMILES string of the molecule is CNCC(O)C(=O)c1cc(F)c(C)cc1Cl. The summed E-state index contributed by atoms with van der Waals surface area (Å²) < 4.78 is 13.3. The maximum absolute atomic E-state index is 13.3. The minimum atomic E-state index is -1.22. The first-order valence-corrected chi connectivity index (χ1v) is 5.17. The van der Waals surface area contributed by atoms with Gasteiger partial charge in [0.05, 0.1) is 5.02 Å². The average molecular weight is 246 g/mol. The molecule has 0 aliphatic rings. The van der Waals surface area contributed by atoms with Crippen LogP contribution in [0.1, 0.15) is 15.9 Å². The van der Waals surface area contributed by atoms with E-state index in [2.05, 4.69) is 5.32 Å². The molecular formula is C11H13ClFNO2. The van der Waals surface area contributed by atoms with Crippen molar-refractivity contribution in [2.45, 2.75) is 13.0 Å². The Morgan fingerprint density at radius 3 is 2.81 bits per heavy atom. The third-order valence-corrected chi connectivity index (χ3v) is 2.53. The normalized spacial score (nSPS) is 12.6. The molecule has 0 aliphatic carbocycles. The van der Waals surface area contributed by atoms with E-state index in [0.29, 0.717) is 5.56 Å². The smallest absolute Gasteiger partial charge is 0.194 e. The van der Waals surface area contributed by atoms with Gasteiger partial charge in [-0.3, -0.25) is 4.79 Å². The molecule has 5 heteroatoms. The molecule has 0 fully saturated rings. The second-order valence-corrected chi connectivity index (χ2v) is 3.93. The van der Waals surface area contributed by atoms with Gasteiger partial charge >= 0.3 is 0 Å². The highest BCUT2D eigenvalue weighted by Crippen LogP contribution is 2.21. The summed E-state index contributed by atoms with van der Waals surface area (Å²) in [6.45, 7) is 1.66. The molecule has 0 amide bonds. The number of carbonyl (C=O) groups is 1. The zero-order chi connectivity index (χ0) is 12.3. The van der Waals surface area contributed by atoms with Crippen LogP contribution in [0.4, 0.5) is 4.39 Å². The number of likely N-dealkylation sites (N-methyl/N-ethyl adjacent to an activating group) is 1. The third-order valence-electron chi connectivity index (χ3n) is 2.21. The van der Waals surface area contributed by atoms with E-state index < -0.39 is 17.7 Å². The number of hydrogen-bond donors (Lipinski definition) is 2. The van der Waals surface area contributed by atoms with Gasteiger partial charge < -0.3 is 10.4 Å². The molecule has 0 aromatic heterocycles. The summed E-state index contributed by atoms with van der Waals surface area (Å²) in [5.74, 6) is -1.09. The van der Waals surface area contributed by atoms with Crippen LogP contribution in [0.25, 0.3) is 0 Å². The number of ketones is 1. The lowest BCUT2D eigenvalue weighted by atomic mass is 10.0. The van der Waals surface area contributed by atoms with Crippen LogP contribution in [0.2, 0.25) is 5.02 Å². The van der Waals surface area contributed by atoms with Gasteiger partial charge in [0.2, 0.25) is 0 Å². The summed E-state index contributed by atoms with van der Waals surface area (Å²) in [5.41, 5.74) is 0.372. The quantitative estimate of drug-likeness (QED) is 0.792. The summed E-state index contributed by atoms with van der Waals surface area (Å²) >= 11 is 5.82. The maximum Gasteiger partial charge on any atom is 0.194 e. The van der Waals surface area contributed by atoms with Gasteiger partial charge in [-0.05, 0) is 31.7 Å². The zero-order valence-electron chi connectivity index (χ0n) is 9.05. The van der Waals surface area contributed by atoms with Crippen molar-refractivity contribution in [2.75, 3.05) is 13.6 Å². The van der Waals surface area contributed by atoms with Gasteiger partial charge in [-0.25, -0.2) is 4.39 Å². The molecule has 1 unspecified atom stereocenters. The molecule has 0 aliphatic heterocycles. The van der Waals surface area contributed by atoms with Crippen molar-refractivity contribution in [1.29, 1.82) is 0 Å². The Kier molecular flexibility index (Phi) is 4.41. The summed E-state index contributed by atoms with van der Waals surface area (Å²) in [6, 6.07) is 2.43. The second-order valence-electron chi connectivity index (χ2n) is 3.52. The number of Topliss-reactive ketones (excluding diaryl/α,β-unsaturated/α-hetero) is 1. The molecule has 1 rings (SSSR count). The fourth-order valence-electron chi connectivity index (χ4n) is 1.30. The summed E-state index contributed by atoms with van der Waals surface area (Å²) in [4.78, 5) is 11.7. The Bertz CT molecular complexity index is 409. The van der Waals surface area contributed by atoms with Crippen molar-refractivity contribution >= 4 is 17.4 Å². The molecule has 0 spiro atoms. The van der Waals surface area contributed by atoms with E-state index in [1.807, 2.05) is 0 Å². The van der Waals surface area contributed by atoms with Crippen LogP contribution in [0.5, 0.6) is 0 Å². The number of hydrogen-bond acceptors (Lipinski definition) is 3. The van der Waals surface area contributed by atoms with Crippen LogP contribution < -0.4 is 5.32 Å². The molecule has 1 aromatic rings. The topological polar surface area (TPSA) is 49.3 Å². The highest BCUT2D eigenvalue weighted by atomic mass is 35.5. The van der Waals surface area contributed by atoms with Gasteiger partial charge in [-0.2, -0.15) is 0 Å². The largest absolute Gasteiger partial charge is 0.384 e. The van der Waals surface area contributed by atoms with Crippen LogP contribution in [0.3, 0.4) is 0 Å². The van der Waals surface area contributed by atoms with E-state index in [0.717, 1.165) is 6.07 Å². The monoisotopic (exact) mass is 245 g/mol. The molecule has 3 nitrogen and oxygen atoms in total. The number of carbonyl (C=O) groups excluding carboxylic acids is 1. The summed E-state index contributed by atoms with van der Waals surface area (Å²) in [5, 5.41) is 12.3. The number of nitrogens with one attached hydrogen (secondary N) is 1. The Hall–Kier alpha value is -0.970. The molecule has 0 heterocycles. The van der Waals surface area contributed by atoms with Crippen LogP contribution in [-0.4, -0.2) is 30.6 Å². The average Bonchev–Trinajstić information content (AvgIpc) is 2.23. The minimum absolute atomic E-state index is 0.00696. The van der Waals surface area contributed by atoms with E-state index in [9.17, 15) is 14.3 Å². The molecule has 0 saturated heterocycles. The predicted octanol–water partition coefficient (Wildman–Crippen LogP) is 1.55. The lowest BCUT2D eigenvalue weighted by Crippen LogP contribution is -2.31. The van der Waals surface area contributed by atoms with Gasteiger partial charge in [-0.15, -0.1) is 0 Å². The van der Waals surface area contributed by atoms with Crippen molar-refractivity contribution in [3.05, 3.63) is 34.1 Å². The Labute approximate surface area is 98.2 Å². The molecule has 16 heavy (non-hydrogen) atoms. The van der Waals surface area contributed by atoms with Gasteiger partial charge in [0.15, 0.2) is 5.78 Å². The molecular weight excluding hydrogens is 233 g/mol. The van der Waals surface area contributed by atoms with Crippen molar-refractivity contribution in [3.63, 3.8) is 0 Å². The number of halogens is 2. The van der Waals surface area contributed by atoms with E-state index in [-0.39, 0.29) is 17.1 Å². The number of benzene rings is 1. The maximum atomic E-state index is 13.3. The fraction of sp³-hybridized carbons (Fsp3) is 0.364. The molecule has 1 aromatic carbocycles. The van der Waals surface area contributed by atoms with Crippen LogP contribution in [0.15, 0.2) is 12.1 Å². The van der Waals surface area contributed by atoms with E-state index in [4.69, 9.17) is 11.6 Å². The summed E-state index contributed by atoms with van der Waals surface area (Å²) in [7, 11) is 1.60. The predicted molar refractivity (Wildman–Crippen MR) is 60.4 cm³/mol. The first-order chi connectivity index (χ1) is 7.47. The minimum Gasteiger partial charge on any atom is -0.384 e. The first-order valence-electron chi connectivity index (χ1n) is 4.80. The second kappa shape index (κ2) is 5.39. The number of aryl methyl sites for hydroxylation is 1. The van der Waals surface area contributed by atoms with Crippen molar-refractivity contribution < 1.29 is 14.3 Å². The van der Waals surface area contributed by atoms with Gasteiger partial charge in [-0.1, -0.05) is 11.6 Å². The molecule has 0 bridgehead atoms. The first kappa shape index (κ1) is 13.1. The molecule has 88 valence electrons. The number of aliphatic hydroxyl groups is 1. The molecule has 0 saturated carbocycles. The van der Waals surface area contributed by atoms with Crippen molar-refractivity contribution in [2.24, 2.45) is 0 Å². The van der Waals surface area contributed by atoms with Crippen LogP contribution >= 0.6 is 11.6 Å². The van der Waals surface area contributed by atoms with Crippen molar-refractivity contribution in [1.82, 2.24) is 5.32 Å². The zero-order valence-corrected chi connectivity index (χ0v) is 9.81. The van der Waals surface area contributed by atoms with Gasteiger partial charge in [0.25, 0.3) is 0 Å². The fourth-order valence-corrected chi connectivity index (χ4v) is 1.61. The van der Waals surface area contributed by atoms with Crippen LogP contribution in [-0.2, 0) is 0 Å². The van der Waals surface area contributed by atoms with Crippen LogP contribution in [0, 0.1) is 12.7 Å². The summed E-state index contributed by atoms with van der Waals surface area (Å²) in [6.07, 6.45) is -1.22. The van der Waals surface area contributed by atoms with E-state index in [1.165, 1.54) is 6.07 Å². The highest BCUT2D eigenvalue weighted by molar-refractivity contribution is 6.34. The van der Waals surface area contributed by atoms with Gasteiger partial charge in [0, 0.05) is 12.1 Å². The van der Waals surface area contributed by atoms with E-state index >= 15 is 0 Å². The standard InChI is InChI=1S/C11H13ClFNO2/c1-6-3-8(12)7(4-9(6)13)11(16)10(15)5-14-2/h3-4,10,14-15H,5H2,1-2H3. The Balaban J connectivity index is 3.04. The molecule has 1 atom stereocenters. The van der Waals surface area contributed by atoms with Crippen molar-refractivity contribution in [3.8, 4) is 0 Å². The number of rotatable bonds is 4. The lowest BCUT2D eigenvalue weighted by molar-refractivity contribution is 0.0750. The number of aliphatic hydroxyl groups excluding tert-OH is 1. The Morgan fingerprint density at radius 1 is 1.62 bits per heavy atom. The molecule has 0 radical (unpaired) electrons. The Morgan fingerprint density at radius 2 is 2.25 bits per heavy atom. The highest BCUT2D eigenvalue weighted by Gasteiger charge is 2.20. The van der Waals surface area contributed by atoms with E-state index in [1.54, 1.807) is 14.0 Å².